The average molecular weight is 298 g/mol. The van der Waals surface area contributed by atoms with Crippen LogP contribution in [0, 0.1) is 0 Å². The van der Waals surface area contributed by atoms with Crippen LogP contribution in [0.1, 0.15) is 29.0 Å². The molecule has 1 fully saturated rings. The summed E-state index contributed by atoms with van der Waals surface area (Å²) in [7, 11) is 0. The summed E-state index contributed by atoms with van der Waals surface area (Å²) >= 11 is 0. The molecule has 2 aromatic rings. The van der Waals surface area contributed by atoms with Crippen LogP contribution in [-0.2, 0) is 4.74 Å². The van der Waals surface area contributed by atoms with Gasteiger partial charge in [-0.1, -0.05) is 30.3 Å². The number of rotatable bonds is 2. The lowest BCUT2D eigenvalue weighted by molar-refractivity contribution is -0.0450. The second-order valence-electron chi connectivity index (χ2n) is 5.40. The van der Waals surface area contributed by atoms with Crippen molar-refractivity contribution in [3.8, 4) is 5.75 Å². The Morgan fingerprint density at radius 3 is 2.77 bits per heavy atom. The monoisotopic (exact) mass is 298 g/mol. The highest BCUT2D eigenvalue weighted by atomic mass is 16.5. The normalized spacial score (nSPS) is 21.6. The van der Waals surface area contributed by atoms with E-state index in [2.05, 4.69) is 4.98 Å². The lowest BCUT2D eigenvalue weighted by Crippen LogP contribution is -2.47. The van der Waals surface area contributed by atoms with E-state index in [1.54, 1.807) is 11.0 Å². The molecule has 0 spiro atoms. The molecule has 1 aromatic carbocycles. The fourth-order valence-corrected chi connectivity index (χ4v) is 2.68. The van der Waals surface area contributed by atoms with Crippen LogP contribution in [0.2, 0.25) is 0 Å². The van der Waals surface area contributed by atoms with E-state index in [0.717, 1.165) is 5.56 Å². The van der Waals surface area contributed by atoms with Gasteiger partial charge in [0, 0.05) is 12.7 Å². The van der Waals surface area contributed by atoms with E-state index in [1.165, 1.54) is 12.3 Å². The Morgan fingerprint density at radius 1 is 1.27 bits per heavy atom. The maximum Gasteiger partial charge on any atom is 0.276 e. The maximum atomic E-state index is 12.8. The van der Waals surface area contributed by atoms with Crippen LogP contribution in [0.25, 0.3) is 0 Å². The Bertz CT molecular complexity index is 660. The molecule has 2 unspecified atom stereocenters. The molecule has 2 atom stereocenters. The van der Waals surface area contributed by atoms with E-state index in [4.69, 9.17) is 4.74 Å². The summed E-state index contributed by atoms with van der Waals surface area (Å²) in [6, 6.07) is 12.7. The van der Waals surface area contributed by atoms with Crippen molar-refractivity contribution in [2.75, 3.05) is 13.2 Å². The number of aromatic hydroxyl groups is 1. The lowest BCUT2D eigenvalue weighted by atomic mass is 10.0. The van der Waals surface area contributed by atoms with Crippen LogP contribution in [-0.4, -0.2) is 40.2 Å². The van der Waals surface area contributed by atoms with Crippen molar-refractivity contribution in [3.05, 3.63) is 59.9 Å². The molecule has 1 amide bonds. The summed E-state index contributed by atoms with van der Waals surface area (Å²) in [6.45, 7) is 2.83. The lowest BCUT2D eigenvalue weighted by Gasteiger charge is -2.38. The Hall–Kier alpha value is -2.40. The van der Waals surface area contributed by atoms with Gasteiger partial charge in [-0.3, -0.25) is 4.79 Å². The molecular formula is C17H18N2O3. The van der Waals surface area contributed by atoms with E-state index in [1.807, 2.05) is 37.3 Å². The number of benzene rings is 1. The van der Waals surface area contributed by atoms with Crippen molar-refractivity contribution in [1.29, 1.82) is 0 Å². The van der Waals surface area contributed by atoms with Gasteiger partial charge in [0.25, 0.3) is 5.91 Å². The smallest absolute Gasteiger partial charge is 0.276 e. The van der Waals surface area contributed by atoms with Gasteiger partial charge in [0.15, 0.2) is 5.69 Å². The molecular weight excluding hydrogens is 280 g/mol. The van der Waals surface area contributed by atoms with Gasteiger partial charge in [0.05, 0.1) is 18.8 Å². The molecule has 0 bridgehead atoms. The largest absolute Gasteiger partial charge is 0.505 e. The van der Waals surface area contributed by atoms with Crippen molar-refractivity contribution in [2.24, 2.45) is 0 Å². The first-order chi connectivity index (χ1) is 10.7. The Balaban J connectivity index is 1.94. The second kappa shape index (κ2) is 6.15. The number of aromatic nitrogens is 1. The van der Waals surface area contributed by atoms with Crippen LogP contribution >= 0.6 is 0 Å². The fraction of sp³-hybridized carbons (Fsp3) is 0.294. The van der Waals surface area contributed by atoms with Crippen LogP contribution in [0.15, 0.2) is 48.7 Å². The number of ether oxygens (including phenoxy) is 1. The van der Waals surface area contributed by atoms with Crippen LogP contribution < -0.4 is 0 Å². The van der Waals surface area contributed by atoms with Crippen LogP contribution in [0.4, 0.5) is 0 Å². The van der Waals surface area contributed by atoms with Gasteiger partial charge in [0.1, 0.15) is 5.75 Å². The molecule has 5 heteroatoms. The fourth-order valence-electron chi connectivity index (χ4n) is 2.68. The molecule has 3 rings (SSSR count). The van der Waals surface area contributed by atoms with Crippen LogP contribution in [0.5, 0.6) is 5.75 Å². The Morgan fingerprint density at radius 2 is 2.05 bits per heavy atom. The Kier molecular flexibility index (Phi) is 4.06. The van der Waals surface area contributed by atoms with E-state index in [0.29, 0.717) is 13.2 Å². The van der Waals surface area contributed by atoms with Gasteiger partial charge in [-0.15, -0.1) is 0 Å². The zero-order valence-corrected chi connectivity index (χ0v) is 12.3. The van der Waals surface area contributed by atoms with Crippen molar-refractivity contribution < 1.29 is 14.6 Å². The zero-order valence-electron chi connectivity index (χ0n) is 12.3. The van der Waals surface area contributed by atoms with Gasteiger partial charge in [-0.2, -0.15) is 0 Å². The van der Waals surface area contributed by atoms with Crippen molar-refractivity contribution >= 4 is 5.91 Å². The predicted molar refractivity (Wildman–Crippen MR) is 81.5 cm³/mol. The number of carbonyl (C=O) groups excluding carboxylic acids is 1. The third kappa shape index (κ3) is 2.80. The van der Waals surface area contributed by atoms with E-state index >= 15 is 0 Å². The minimum absolute atomic E-state index is 0.0465. The molecule has 0 radical (unpaired) electrons. The molecule has 1 aliphatic rings. The SMILES string of the molecule is CC1CN(C(=O)c2ncccc2O)C(c2ccccc2)CO1. The number of pyridine rings is 1. The Labute approximate surface area is 129 Å². The minimum Gasteiger partial charge on any atom is -0.505 e. The molecule has 22 heavy (non-hydrogen) atoms. The van der Waals surface area contributed by atoms with Gasteiger partial charge in [0.2, 0.25) is 0 Å². The number of morpholine rings is 1. The minimum atomic E-state index is -0.276. The molecule has 1 aromatic heterocycles. The molecule has 2 heterocycles. The first kappa shape index (κ1) is 14.5. The molecule has 1 N–H and O–H groups in total. The number of amides is 1. The summed E-state index contributed by atoms with van der Waals surface area (Å²) in [5, 5.41) is 9.89. The molecule has 1 aliphatic heterocycles. The molecule has 5 nitrogen and oxygen atoms in total. The van der Waals surface area contributed by atoms with E-state index in [9.17, 15) is 9.90 Å². The number of carbonyl (C=O) groups is 1. The third-order valence-electron chi connectivity index (χ3n) is 3.80. The maximum absolute atomic E-state index is 12.8. The summed E-state index contributed by atoms with van der Waals surface area (Å²) in [5.41, 5.74) is 1.09. The zero-order chi connectivity index (χ0) is 15.5. The molecule has 1 saturated heterocycles. The first-order valence-electron chi connectivity index (χ1n) is 7.28. The van der Waals surface area contributed by atoms with Gasteiger partial charge in [-0.05, 0) is 24.6 Å². The van der Waals surface area contributed by atoms with Crippen molar-refractivity contribution in [2.45, 2.75) is 19.1 Å². The molecule has 0 aliphatic carbocycles. The topological polar surface area (TPSA) is 62.7 Å². The summed E-state index contributed by atoms with van der Waals surface area (Å²) in [5.74, 6) is -0.374. The number of hydrogen-bond donors (Lipinski definition) is 1. The van der Waals surface area contributed by atoms with Crippen LogP contribution in [0.3, 0.4) is 0 Å². The summed E-state index contributed by atoms with van der Waals surface area (Å²) < 4.78 is 5.71. The third-order valence-corrected chi connectivity index (χ3v) is 3.80. The molecule has 0 saturated carbocycles. The quantitative estimate of drug-likeness (QED) is 0.924. The summed E-state index contributed by atoms with van der Waals surface area (Å²) in [6.07, 6.45) is 1.46. The number of nitrogens with zero attached hydrogens (tertiary/aromatic N) is 2. The first-order valence-corrected chi connectivity index (χ1v) is 7.28. The summed E-state index contributed by atoms with van der Waals surface area (Å²) in [4.78, 5) is 18.5. The average Bonchev–Trinajstić information content (AvgIpc) is 2.55. The standard InChI is InChI=1S/C17H18N2O3/c1-12-10-19(17(21)16-15(20)8-5-9-18-16)14(11-22-12)13-6-3-2-4-7-13/h2-9,12,14,20H,10-11H2,1H3. The van der Waals surface area contributed by atoms with E-state index < -0.39 is 0 Å². The molecule has 114 valence electrons. The van der Waals surface area contributed by atoms with Crippen molar-refractivity contribution in [1.82, 2.24) is 9.88 Å². The highest BCUT2D eigenvalue weighted by molar-refractivity contribution is 5.95. The second-order valence-corrected chi connectivity index (χ2v) is 5.40. The number of hydrogen-bond acceptors (Lipinski definition) is 4. The highest BCUT2D eigenvalue weighted by Crippen LogP contribution is 2.29. The van der Waals surface area contributed by atoms with Crippen molar-refractivity contribution in [3.63, 3.8) is 0 Å². The van der Waals surface area contributed by atoms with E-state index in [-0.39, 0.29) is 29.5 Å². The van der Waals surface area contributed by atoms with Gasteiger partial charge < -0.3 is 14.7 Å². The van der Waals surface area contributed by atoms with Gasteiger partial charge >= 0.3 is 0 Å². The highest BCUT2D eigenvalue weighted by Gasteiger charge is 2.33. The van der Waals surface area contributed by atoms with Gasteiger partial charge in [-0.25, -0.2) is 4.98 Å². The predicted octanol–water partition coefficient (Wildman–Crippen LogP) is 2.39.